The Kier molecular flexibility index (Phi) is 3.93. The van der Waals surface area contributed by atoms with Crippen LogP contribution in [-0.4, -0.2) is 5.11 Å². The van der Waals surface area contributed by atoms with Gasteiger partial charge in [0.25, 0.3) is 0 Å². The number of hydrogen-bond acceptors (Lipinski definition) is 1. The quantitative estimate of drug-likeness (QED) is 0.890. The SMILES string of the molecule is Cc1ccc(C(C)(O)Cc2ccc(Cl)c(F)c2)cc1. The predicted molar refractivity (Wildman–Crippen MR) is 75.9 cm³/mol. The number of aryl methyl sites for hydroxylation is 1. The molecule has 1 nitrogen and oxygen atoms in total. The molecule has 0 aliphatic heterocycles. The van der Waals surface area contributed by atoms with Crippen LogP contribution >= 0.6 is 11.6 Å². The Labute approximate surface area is 117 Å². The van der Waals surface area contributed by atoms with Crippen LogP contribution in [0.25, 0.3) is 0 Å². The molecule has 0 saturated heterocycles. The predicted octanol–water partition coefficient (Wildman–Crippen LogP) is 4.24. The molecule has 0 heterocycles. The highest BCUT2D eigenvalue weighted by Crippen LogP contribution is 2.27. The van der Waals surface area contributed by atoms with Gasteiger partial charge in [-0.05, 0) is 37.1 Å². The molecule has 0 amide bonds. The number of halogens is 2. The third-order valence-corrected chi connectivity index (χ3v) is 3.51. The second-order valence-corrected chi connectivity index (χ2v) is 5.47. The van der Waals surface area contributed by atoms with Gasteiger partial charge in [-0.3, -0.25) is 0 Å². The summed E-state index contributed by atoms with van der Waals surface area (Å²) in [4.78, 5) is 0. The minimum Gasteiger partial charge on any atom is -0.385 e. The van der Waals surface area contributed by atoms with Crippen LogP contribution in [0.5, 0.6) is 0 Å². The van der Waals surface area contributed by atoms with Gasteiger partial charge in [0.15, 0.2) is 0 Å². The van der Waals surface area contributed by atoms with Gasteiger partial charge in [-0.1, -0.05) is 47.5 Å². The summed E-state index contributed by atoms with van der Waals surface area (Å²) < 4.78 is 13.4. The smallest absolute Gasteiger partial charge is 0.142 e. The second-order valence-electron chi connectivity index (χ2n) is 5.07. The van der Waals surface area contributed by atoms with Crippen molar-refractivity contribution in [2.45, 2.75) is 25.9 Å². The zero-order valence-corrected chi connectivity index (χ0v) is 11.7. The number of benzene rings is 2. The Bertz CT molecular complexity index is 576. The highest BCUT2D eigenvalue weighted by molar-refractivity contribution is 6.30. The van der Waals surface area contributed by atoms with E-state index in [9.17, 15) is 9.50 Å². The summed E-state index contributed by atoms with van der Waals surface area (Å²) in [6.07, 6.45) is 0.337. The molecule has 2 aromatic rings. The minimum atomic E-state index is -1.03. The van der Waals surface area contributed by atoms with Gasteiger partial charge in [0.2, 0.25) is 0 Å². The fourth-order valence-electron chi connectivity index (χ4n) is 2.06. The Hall–Kier alpha value is -1.38. The van der Waals surface area contributed by atoms with Crippen molar-refractivity contribution in [2.24, 2.45) is 0 Å². The van der Waals surface area contributed by atoms with Crippen LogP contribution in [0.15, 0.2) is 42.5 Å². The van der Waals surface area contributed by atoms with Gasteiger partial charge in [-0.2, -0.15) is 0 Å². The summed E-state index contributed by atoms with van der Waals surface area (Å²) in [5.41, 5.74) is 1.63. The molecule has 100 valence electrons. The molecule has 0 aliphatic carbocycles. The van der Waals surface area contributed by atoms with Crippen LogP contribution in [0.3, 0.4) is 0 Å². The van der Waals surface area contributed by atoms with E-state index in [0.29, 0.717) is 12.0 Å². The molecule has 0 bridgehead atoms. The summed E-state index contributed by atoms with van der Waals surface area (Å²) in [6, 6.07) is 12.3. The largest absolute Gasteiger partial charge is 0.385 e. The fourth-order valence-corrected chi connectivity index (χ4v) is 2.18. The lowest BCUT2D eigenvalue weighted by Gasteiger charge is -2.24. The second kappa shape index (κ2) is 5.32. The normalized spacial score (nSPS) is 14.2. The zero-order valence-electron chi connectivity index (χ0n) is 11.0. The topological polar surface area (TPSA) is 20.2 Å². The molecule has 1 unspecified atom stereocenters. The molecule has 0 spiro atoms. The molecule has 0 saturated carbocycles. The molecule has 19 heavy (non-hydrogen) atoms. The maximum Gasteiger partial charge on any atom is 0.142 e. The molecule has 1 atom stereocenters. The van der Waals surface area contributed by atoms with Crippen LogP contribution < -0.4 is 0 Å². The number of aliphatic hydroxyl groups is 1. The van der Waals surface area contributed by atoms with Crippen molar-refractivity contribution in [3.05, 3.63) is 70.0 Å². The van der Waals surface area contributed by atoms with E-state index in [0.717, 1.165) is 11.1 Å². The van der Waals surface area contributed by atoms with E-state index in [-0.39, 0.29) is 5.02 Å². The maximum absolute atomic E-state index is 13.4. The van der Waals surface area contributed by atoms with Gasteiger partial charge in [0.05, 0.1) is 10.6 Å². The lowest BCUT2D eigenvalue weighted by atomic mass is 9.88. The van der Waals surface area contributed by atoms with Gasteiger partial charge in [-0.15, -0.1) is 0 Å². The molecule has 2 rings (SSSR count). The van der Waals surface area contributed by atoms with Crippen molar-refractivity contribution in [2.75, 3.05) is 0 Å². The Morgan fingerprint density at radius 2 is 1.79 bits per heavy atom. The fraction of sp³-hybridized carbons (Fsp3) is 0.250. The van der Waals surface area contributed by atoms with Crippen LogP contribution in [0, 0.1) is 12.7 Å². The number of rotatable bonds is 3. The van der Waals surface area contributed by atoms with Crippen LogP contribution in [0.1, 0.15) is 23.6 Å². The van der Waals surface area contributed by atoms with E-state index in [1.807, 2.05) is 31.2 Å². The Morgan fingerprint density at radius 3 is 2.37 bits per heavy atom. The van der Waals surface area contributed by atoms with E-state index in [1.165, 1.54) is 12.1 Å². The van der Waals surface area contributed by atoms with Gasteiger partial charge in [-0.25, -0.2) is 4.39 Å². The van der Waals surface area contributed by atoms with Gasteiger partial charge in [0.1, 0.15) is 5.82 Å². The molecule has 0 radical (unpaired) electrons. The van der Waals surface area contributed by atoms with Crippen LogP contribution in [-0.2, 0) is 12.0 Å². The first-order valence-electron chi connectivity index (χ1n) is 6.12. The summed E-state index contributed by atoms with van der Waals surface area (Å²) in [7, 11) is 0. The molecule has 1 N–H and O–H groups in total. The first-order valence-corrected chi connectivity index (χ1v) is 6.50. The van der Waals surface area contributed by atoms with E-state index in [2.05, 4.69) is 0 Å². The average Bonchev–Trinajstić information content (AvgIpc) is 2.34. The first kappa shape index (κ1) is 14.0. The standard InChI is InChI=1S/C16H16ClFO/c1-11-3-6-13(7-4-11)16(2,19)10-12-5-8-14(17)15(18)9-12/h3-9,19H,10H2,1-2H3. The Balaban J connectivity index is 2.25. The third-order valence-electron chi connectivity index (χ3n) is 3.21. The van der Waals surface area contributed by atoms with Crippen molar-refractivity contribution in [1.29, 1.82) is 0 Å². The van der Waals surface area contributed by atoms with Crippen molar-refractivity contribution >= 4 is 11.6 Å². The van der Waals surface area contributed by atoms with E-state index < -0.39 is 11.4 Å². The molecule has 0 aliphatic rings. The summed E-state index contributed by atoms with van der Waals surface area (Å²) in [5.74, 6) is -0.459. The van der Waals surface area contributed by atoms with Crippen LogP contribution in [0.2, 0.25) is 5.02 Å². The highest BCUT2D eigenvalue weighted by Gasteiger charge is 2.23. The lowest BCUT2D eigenvalue weighted by molar-refractivity contribution is 0.0575. The van der Waals surface area contributed by atoms with Crippen LogP contribution in [0.4, 0.5) is 4.39 Å². The molecular formula is C16H16ClFO. The molecular weight excluding hydrogens is 263 g/mol. The number of hydrogen-bond donors (Lipinski definition) is 1. The monoisotopic (exact) mass is 278 g/mol. The average molecular weight is 279 g/mol. The van der Waals surface area contributed by atoms with E-state index >= 15 is 0 Å². The molecule has 2 aromatic carbocycles. The van der Waals surface area contributed by atoms with Crippen molar-refractivity contribution < 1.29 is 9.50 Å². The minimum absolute atomic E-state index is 0.0960. The molecule has 3 heteroatoms. The first-order chi connectivity index (χ1) is 8.88. The van der Waals surface area contributed by atoms with E-state index in [1.54, 1.807) is 13.0 Å². The lowest BCUT2D eigenvalue weighted by Crippen LogP contribution is -2.24. The summed E-state index contributed by atoms with van der Waals surface area (Å²) in [6.45, 7) is 3.72. The van der Waals surface area contributed by atoms with Crippen molar-refractivity contribution in [3.63, 3.8) is 0 Å². The zero-order chi connectivity index (χ0) is 14.0. The summed E-state index contributed by atoms with van der Waals surface area (Å²) >= 11 is 5.65. The Morgan fingerprint density at radius 1 is 1.16 bits per heavy atom. The van der Waals surface area contributed by atoms with Gasteiger partial charge >= 0.3 is 0 Å². The van der Waals surface area contributed by atoms with Crippen molar-refractivity contribution in [1.82, 2.24) is 0 Å². The molecule has 0 aromatic heterocycles. The van der Waals surface area contributed by atoms with Gasteiger partial charge < -0.3 is 5.11 Å². The highest BCUT2D eigenvalue weighted by atomic mass is 35.5. The summed E-state index contributed by atoms with van der Waals surface area (Å²) in [5, 5.41) is 10.6. The molecule has 0 fully saturated rings. The maximum atomic E-state index is 13.4. The van der Waals surface area contributed by atoms with Crippen molar-refractivity contribution in [3.8, 4) is 0 Å². The van der Waals surface area contributed by atoms with E-state index in [4.69, 9.17) is 11.6 Å². The van der Waals surface area contributed by atoms with Gasteiger partial charge in [0, 0.05) is 6.42 Å². The third kappa shape index (κ3) is 3.34.